The molecular weight excluding hydrogens is 322 g/mol. The molecule has 0 saturated carbocycles. The van der Waals surface area contributed by atoms with Crippen molar-refractivity contribution in [3.05, 3.63) is 29.3 Å². The van der Waals surface area contributed by atoms with Gasteiger partial charge in [-0.05, 0) is 18.6 Å². The minimum absolute atomic E-state index is 0.184. The van der Waals surface area contributed by atoms with Gasteiger partial charge in [-0.25, -0.2) is 0 Å². The van der Waals surface area contributed by atoms with E-state index in [0.717, 1.165) is 11.3 Å². The van der Waals surface area contributed by atoms with Crippen LogP contribution in [-0.2, 0) is 20.9 Å². The molecule has 7 nitrogen and oxygen atoms in total. The summed E-state index contributed by atoms with van der Waals surface area (Å²) in [7, 11) is 0. The normalized spacial score (nSPS) is 19.4. The minimum Gasteiger partial charge on any atom is -0.382 e. The molecule has 1 aromatic rings. The summed E-state index contributed by atoms with van der Waals surface area (Å²) >= 11 is 0. The number of rotatable bonds is 6. The first-order valence-electron chi connectivity index (χ1n) is 8.13. The van der Waals surface area contributed by atoms with Gasteiger partial charge in [-0.1, -0.05) is 12.0 Å². The highest BCUT2D eigenvalue weighted by molar-refractivity contribution is 6.06. The summed E-state index contributed by atoms with van der Waals surface area (Å²) in [5.74, 6) is 1.52. The fourth-order valence-corrected chi connectivity index (χ4v) is 3.14. The van der Waals surface area contributed by atoms with Crippen molar-refractivity contribution < 1.29 is 19.1 Å². The highest BCUT2D eigenvalue weighted by Crippen LogP contribution is 2.32. The third-order valence-electron chi connectivity index (χ3n) is 4.33. The zero-order chi connectivity index (χ0) is 17.8. The van der Waals surface area contributed by atoms with Crippen LogP contribution in [0.1, 0.15) is 28.8 Å². The van der Waals surface area contributed by atoms with Gasteiger partial charge in [0.25, 0.3) is 5.91 Å². The van der Waals surface area contributed by atoms with Gasteiger partial charge >= 0.3 is 0 Å². The Bertz CT molecular complexity index is 753. The second-order valence-corrected chi connectivity index (χ2v) is 5.92. The molecule has 2 aliphatic rings. The summed E-state index contributed by atoms with van der Waals surface area (Å²) in [5, 5.41) is 5.54. The highest BCUT2D eigenvalue weighted by atomic mass is 16.5. The fraction of sp³-hybridized carbons (Fsp3) is 0.389. The molecule has 1 saturated heterocycles. The van der Waals surface area contributed by atoms with E-state index in [2.05, 4.69) is 16.6 Å². The Kier molecular flexibility index (Phi) is 5.00. The van der Waals surface area contributed by atoms with Crippen LogP contribution < -0.4 is 10.6 Å². The number of ether oxygens (including phenoxy) is 1. The zero-order valence-corrected chi connectivity index (χ0v) is 13.7. The second kappa shape index (κ2) is 7.36. The number of nitrogens with one attached hydrogen (secondary N) is 2. The van der Waals surface area contributed by atoms with Crippen LogP contribution in [0.5, 0.6) is 0 Å². The molecular formula is C18H19N3O4. The van der Waals surface area contributed by atoms with Crippen molar-refractivity contribution in [2.75, 3.05) is 25.1 Å². The van der Waals surface area contributed by atoms with Crippen LogP contribution in [0.2, 0.25) is 0 Å². The Labute approximate surface area is 145 Å². The van der Waals surface area contributed by atoms with Crippen LogP contribution in [0.3, 0.4) is 0 Å². The number of fused-ring (bicyclic) bond motifs is 1. The first-order chi connectivity index (χ1) is 12.1. The zero-order valence-electron chi connectivity index (χ0n) is 13.7. The van der Waals surface area contributed by atoms with Gasteiger partial charge in [-0.2, -0.15) is 0 Å². The molecule has 2 heterocycles. The first-order valence-corrected chi connectivity index (χ1v) is 8.13. The van der Waals surface area contributed by atoms with Crippen molar-refractivity contribution in [3.63, 3.8) is 0 Å². The minimum atomic E-state index is -0.607. The van der Waals surface area contributed by atoms with Crippen LogP contribution >= 0.6 is 0 Å². The summed E-state index contributed by atoms with van der Waals surface area (Å²) in [4.78, 5) is 37.6. The molecule has 7 heteroatoms. The molecule has 2 aliphatic heterocycles. The molecule has 1 aromatic carbocycles. The van der Waals surface area contributed by atoms with E-state index in [9.17, 15) is 14.4 Å². The van der Waals surface area contributed by atoms with Crippen molar-refractivity contribution in [2.45, 2.75) is 25.4 Å². The molecule has 0 aromatic heterocycles. The summed E-state index contributed by atoms with van der Waals surface area (Å²) in [6.07, 6.45) is 5.72. The molecule has 25 heavy (non-hydrogen) atoms. The van der Waals surface area contributed by atoms with Crippen molar-refractivity contribution in [1.82, 2.24) is 10.2 Å². The van der Waals surface area contributed by atoms with E-state index in [1.54, 1.807) is 12.1 Å². The predicted molar refractivity (Wildman–Crippen MR) is 90.6 cm³/mol. The van der Waals surface area contributed by atoms with Crippen molar-refractivity contribution in [1.29, 1.82) is 0 Å². The number of amides is 3. The lowest BCUT2D eigenvalue weighted by molar-refractivity contribution is -0.136. The predicted octanol–water partition coefficient (Wildman–Crippen LogP) is 0.509. The highest BCUT2D eigenvalue weighted by Gasteiger charge is 2.39. The lowest BCUT2D eigenvalue weighted by atomic mass is 10.0. The third-order valence-corrected chi connectivity index (χ3v) is 4.33. The maximum Gasteiger partial charge on any atom is 0.255 e. The Morgan fingerprint density at radius 3 is 2.96 bits per heavy atom. The van der Waals surface area contributed by atoms with Gasteiger partial charge in [-0.3, -0.25) is 19.7 Å². The number of terminal acetylenes is 1. The Morgan fingerprint density at radius 1 is 1.36 bits per heavy atom. The van der Waals surface area contributed by atoms with Crippen LogP contribution in [0.4, 0.5) is 5.69 Å². The first kappa shape index (κ1) is 17.0. The van der Waals surface area contributed by atoms with Gasteiger partial charge < -0.3 is 15.0 Å². The molecule has 130 valence electrons. The van der Waals surface area contributed by atoms with Crippen LogP contribution in [-0.4, -0.2) is 48.4 Å². The van der Waals surface area contributed by atoms with E-state index >= 15 is 0 Å². The second-order valence-electron chi connectivity index (χ2n) is 5.92. The third kappa shape index (κ3) is 3.49. The molecule has 1 fully saturated rings. The van der Waals surface area contributed by atoms with Crippen LogP contribution in [0.25, 0.3) is 0 Å². The molecule has 1 atom stereocenters. The molecule has 3 amide bonds. The number of hydrogen-bond acceptors (Lipinski definition) is 5. The topological polar surface area (TPSA) is 87.7 Å². The number of hydrogen-bond donors (Lipinski definition) is 2. The van der Waals surface area contributed by atoms with E-state index in [0.29, 0.717) is 31.7 Å². The van der Waals surface area contributed by atoms with Gasteiger partial charge in [-0.15, -0.1) is 6.42 Å². The molecule has 0 bridgehead atoms. The van der Waals surface area contributed by atoms with E-state index < -0.39 is 11.9 Å². The molecule has 3 rings (SSSR count). The smallest absolute Gasteiger partial charge is 0.255 e. The van der Waals surface area contributed by atoms with Gasteiger partial charge in [0.05, 0.1) is 6.61 Å². The lowest BCUT2D eigenvalue weighted by Crippen LogP contribution is -2.52. The molecule has 1 unspecified atom stereocenters. The van der Waals surface area contributed by atoms with E-state index in [1.165, 1.54) is 4.90 Å². The van der Waals surface area contributed by atoms with E-state index in [4.69, 9.17) is 11.2 Å². The van der Waals surface area contributed by atoms with Crippen LogP contribution in [0, 0.1) is 12.3 Å². The average molecular weight is 341 g/mol. The summed E-state index contributed by atoms with van der Waals surface area (Å²) in [6.45, 7) is 1.62. The summed E-state index contributed by atoms with van der Waals surface area (Å²) in [5.41, 5.74) is 2.28. The van der Waals surface area contributed by atoms with Crippen LogP contribution in [0.15, 0.2) is 18.2 Å². The average Bonchev–Trinajstić information content (AvgIpc) is 2.92. The summed E-state index contributed by atoms with van der Waals surface area (Å²) < 4.78 is 5.22. The van der Waals surface area contributed by atoms with Crippen molar-refractivity contribution in [2.24, 2.45) is 0 Å². The van der Waals surface area contributed by atoms with E-state index in [-0.39, 0.29) is 24.8 Å². The lowest BCUT2D eigenvalue weighted by Gasteiger charge is -2.29. The number of carbonyl (C=O) groups is 3. The summed E-state index contributed by atoms with van der Waals surface area (Å²) in [6, 6.07) is 4.84. The van der Waals surface area contributed by atoms with E-state index in [1.807, 2.05) is 6.07 Å². The SMILES string of the molecule is C#CCOCCNc1cccc2c1CN(C1CCC(=O)NC1=O)C2=O. The number of nitrogens with zero attached hydrogens (tertiary/aromatic N) is 1. The molecule has 0 spiro atoms. The van der Waals surface area contributed by atoms with Gasteiger partial charge in [0.2, 0.25) is 11.8 Å². The largest absolute Gasteiger partial charge is 0.382 e. The maximum absolute atomic E-state index is 12.7. The Morgan fingerprint density at radius 2 is 2.20 bits per heavy atom. The quantitative estimate of drug-likeness (QED) is 0.447. The molecule has 0 radical (unpaired) electrons. The molecule has 2 N–H and O–H groups in total. The van der Waals surface area contributed by atoms with Gasteiger partial charge in [0.1, 0.15) is 12.6 Å². The Hall–Kier alpha value is -2.85. The number of imide groups is 1. The van der Waals surface area contributed by atoms with Gasteiger partial charge in [0, 0.05) is 36.3 Å². The Balaban J connectivity index is 1.70. The number of carbonyl (C=O) groups excluding carboxylic acids is 3. The standard InChI is InChI=1S/C18H19N3O4/c1-2-9-25-10-8-19-14-5-3-4-12-13(14)11-21(18(12)24)15-6-7-16(22)20-17(15)23/h1,3-5,15,19H,6-11H2,(H,20,22,23). The maximum atomic E-state index is 12.7. The fourth-order valence-electron chi connectivity index (χ4n) is 3.14. The number of benzene rings is 1. The van der Waals surface area contributed by atoms with Crippen molar-refractivity contribution >= 4 is 23.4 Å². The monoisotopic (exact) mass is 341 g/mol. The number of anilines is 1. The van der Waals surface area contributed by atoms with Crippen molar-refractivity contribution in [3.8, 4) is 12.3 Å². The molecule has 0 aliphatic carbocycles. The number of piperidine rings is 1. The van der Waals surface area contributed by atoms with Gasteiger partial charge in [0.15, 0.2) is 0 Å².